The van der Waals surface area contributed by atoms with Crippen molar-refractivity contribution in [2.24, 2.45) is 0 Å². The second-order valence-electron chi connectivity index (χ2n) is 13.4. The van der Waals surface area contributed by atoms with Crippen LogP contribution in [0.15, 0.2) is 60.8 Å². The van der Waals surface area contributed by atoms with Crippen molar-refractivity contribution >= 4 is 19.8 Å². The van der Waals surface area contributed by atoms with Crippen LogP contribution in [0.3, 0.4) is 0 Å². The van der Waals surface area contributed by atoms with Crippen molar-refractivity contribution in [1.29, 1.82) is 0 Å². The quantitative estimate of drug-likeness (QED) is 0.0187. The van der Waals surface area contributed by atoms with Crippen LogP contribution in [0, 0.1) is 0 Å². The molecule has 0 aromatic carbocycles. The minimum absolute atomic E-state index is 0.170. The van der Waals surface area contributed by atoms with Gasteiger partial charge in [0.05, 0.1) is 12.7 Å². The van der Waals surface area contributed by atoms with Gasteiger partial charge in [-0.15, -0.1) is 0 Å². The number of ether oxygens (including phenoxy) is 2. The van der Waals surface area contributed by atoms with Gasteiger partial charge in [0, 0.05) is 12.8 Å². The lowest BCUT2D eigenvalue weighted by molar-refractivity contribution is -0.161. The second kappa shape index (κ2) is 37.0. The van der Waals surface area contributed by atoms with Crippen LogP contribution >= 0.6 is 7.82 Å². The van der Waals surface area contributed by atoms with Gasteiger partial charge in [-0.3, -0.25) is 14.1 Å². The molecule has 0 amide bonds. The Hall–Kier alpha value is -2.29. The van der Waals surface area contributed by atoms with Crippen LogP contribution in [0.25, 0.3) is 0 Å². The maximum atomic E-state index is 12.4. The van der Waals surface area contributed by atoms with Crippen molar-refractivity contribution < 1.29 is 43.0 Å². The molecule has 0 saturated heterocycles. The summed E-state index contributed by atoms with van der Waals surface area (Å²) < 4.78 is 26.3. The van der Waals surface area contributed by atoms with Gasteiger partial charge in [0.15, 0.2) is 6.10 Å². The van der Waals surface area contributed by atoms with Crippen LogP contribution in [0.1, 0.15) is 168 Å². The van der Waals surface area contributed by atoms with E-state index in [1.54, 1.807) is 0 Å². The molecule has 0 aliphatic rings. The zero-order valence-corrected chi connectivity index (χ0v) is 33.4. The number of unbranched alkanes of at least 4 members (excludes halogenated alkanes) is 16. The van der Waals surface area contributed by atoms with Crippen molar-refractivity contribution in [3.8, 4) is 0 Å². The molecule has 0 radical (unpaired) electrons. The molecule has 0 bridgehead atoms. The lowest BCUT2D eigenvalue weighted by Crippen LogP contribution is -2.29. The van der Waals surface area contributed by atoms with E-state index in [0.29, 0.717) is 25.7 Å². The SMILES string of the molecule is CC/C=C\C(O)C/C=C/C=C\C/C=C\C/C=C\CCCC(=O)OC[C@H](COP(=O)(O)O)OC(=O)CCCCCCCCCCCCCCCCCC. The van der Waals surface area contributed by atoms with E-state index in [9.17, 15) is 19.3 Å². The van der Waals surface area contributed by atoms with Crippen molar-refractivity contribution in [1.82, 2.24) is 0 Å². The van der Waals surface area contributed by atoms with Crippen LogP contribution in [0.5, 0.6) is 0 Å². The molecule has 0 saturated carbocycles. The number of rotatable bonds is 36. The molecule has 0 heterocycles. The number of carbonyl (C=O) groups is 2. The summed E-state index contributed by atoms with van der Waals surface area (Å²) in [5.74, 6) is -0.976. The summed E-state index contributed by atoms with van der Waals surface area (Å²) in [5.41, 5.74) is 0. The van der Waals surface area contributed by atoms with Gasteiger partial charge in [0.2, 0.25) is 0 Å². The summed E-state index contributed by atoms with van der Waals surface area (Å²) in [7, 11) is -4.77. The standard InChI is InChI=1S/C42H73O9P/c1-3-5-7-8-9-10-11-12-13-14-15-20-23-26-29-32-36-42(45)51-40(38-50-52(46,47)48)37-49-41(44)35-31-28-25-22-19-17-16-18-21-24-27-30-34-39(43)33-6-4-2/h6,16-17,21-22,24-25,27,30,33,39-40,43H,3-5,7-15,18-20,23,26,28-29,31-32,34-38H2,1-2H3,(H2,46,47,48)/b17-16-,24-21-,25-22-,30-27+,33-6-/t39?,40-/m1/s1. The Balaban J connectivity index is 4.06. The molecule has 3 N–H and O–H groups in total. The zero-order valence-electron chi connectivity index (χ0n) is 32.6. The summed E-state index contributed by atoms with van der Waals surface area (Å²) in [5, 5.41) is 9.73. The average Bonchev–Trinajstić information content (AvgIpc) is 3.11. The molecule has 0 rings (SSSR count). The van der Waals surface area contributed by atoms with E-state index < -0.39 is 38.6 Å². The summed E-state index contributed by atoms with van der Waals surface area (Å²) in [6.45, 7) is 3.40. The fraction of sp³-hybridized carbons (Fsp3) is 0.714. The first kappa shape index (κ1) is 49.7. The van der Waals surface area contributed by atoms with E-state index >= 15 is 0 Å². The second-order valence-corrected chi connectivity index (χ2v) is 14.7. The Morgan fingerprint density at radius 1 is 0.615 bits per heavy atom. The van der Waals surface area contributed by atoms with Gasteiger partial charge < -0.3 is 24.4 Å². The lowest BCUT2D eigenvalue weighted by Gasteiger charge is -2.18. The van der Waals surface area contributed by atoms with Crippen LogP contribution < -0.4 is 0 Å². The van der Waals surface area contributed by atoms with E-state index in [-0.39, 0.29) is 19.4 Å². The molecule has 300 valence electrons. The van der Waals surface area contributed by atoms with Gasteiger partial charge in [0.1, 0.15) is 6.61 Å². The first-order valence-corrected chi connectivity index (χ1v) is 21.7. The van der Waals surface area contributed by atoms with Crippen LogP contribution in [0.4, 0.5) is 0 Å². The molecular weight excluding hydrogens is 679 g/mol. The van der Waals surface area contributed by atoms with Crippen LogP contribution in [0.2, 0.25) is 0 Å². The Morgan fingerprint density at radius 2 is 1.13 bits per heavy atom. The Labute approximate surface area is 316 Å². The number of phosphoric acid groups is 1. The van der Waals surface area contributed by atoms with Gasteiger partial charge >= 0.3 is 19.8 Å². The van der Waals surface area contributed by atoms with Gasteiger partial charge in [-0.25, -0.2) is 4.57 Å². The van der Waals surface area contributed by atoms with Crippen molar-refractivity contribution in [2.75, 3.05) is 13.2 Å². The average molecular weight is 753 g/mol. The third-order valence-corrected chi connectivity index (χ3v) is 8.86. The molecule has 0 aromatic rings. The molecule has 0 aliphatic heterocycles. The number of hydrogen-bond donors (Lipinski definition) is 3. The molecule has 1 unspecified atom stereocenters. The molecule has 2 atom stereocenters. The zero-order chi connectivity index (χ0) is 38.4. The molecule has 52 heavy (non-hydrogen) atoms. The van der Waals surface area contributed by atoms with E-state index in [2.05, 4.69) is 23.6 Å². The summed E-state index contributed by atoms with van der Waals surface area (Å²) in [4.78, 5) is 42.8. The Kier molecular flexibility index (Phi) is 35.4. The molecule has 10 heteroatoms. The Bertz CT molecular complexity index is 1040. The number of hydrogen-bond acceptors (Lipinski definition) is 7. The monoisotopic (exact) mass is 752 g/mol. The van der Waals surface area contributed by atoms with Gasteiger partial charge in [0.25, 0.3) is 0 Å². The summed E-state index contributed by atoms with van der Waals surface area (Å²) >= 11 is 0. The minimum atomic E-state index is -4.77. The number of allylic oxidation sites excluding steroid dienone is 8. The number of carbonyl (C=O) groups excluding carboxylic acids is 2. The number of aliphatic hydroxyl groups excluding tert-OH is 1. The van der Waals surface area contributed by atoms with Crippen molar-refractivity contribution in [3.63, 3.8) is 0 Å². The fourth-order valence-corrected chi connectivity index (χ4v) is 5.73. The van der Waals surface area contributed by atoms with Gasteiger partial charge in [-0.05, 0) is 44.9 Å². The minimum Gasteiger partial charge on any atom is -0.462 e. The first-order valence-electron chi connectivity index (χ1n) is 20.2. The lowest BCUT2D eigenvalue weighted by atomic mass is 10.0. The molecule has 0 aliphatic carbocycles. The van der Waals surface area contributed by atoms with E-state index in [4.69, 9.17) is 19.3 Å². The van der Waals surface area contributed by atoms with E-state index in [1.807, 2.05) is 55.5 Å². The number of esters is 2. The number of aliphatic hydroxyl groups is 1. The highest BCUT2D eigenvalue weighted by atomic mass is 31.2. The van der Waals surface area contributed by atoms with Crippen LogP contribution in [-0.4, -0.2) is 52.3 Å². The predicted octanol–water partition coefficient (Wildman–Crippen LogP) is 11.1. The molecule has 0 aromatic heterocycles. The first-order chi connectivity index (χ1) is 25.2. The highest BCUT2D eigenvalue weighted by Gasteiger charge is 2.22. The third kappa shape index (κ3) is 38.9. The molecular formula is C42H73O9P. The Morgan fingerprint density at radius 3 is 1.71 bits per heavy atom. The van der Waals surface area contributed by atoms with Crippen molar-refractivity contribution in [2.45, 2.75) is 180 Å². The largest absolute Gasteiger partial charge is 0.469 e. The molecule has 0 spiro atoms. The van der Waals surface area contributed by atoms with Crippen LogP contribution in [-0.2, 0) is 28.2 Å². The molecule has 9 nitrogen and oxygen atoms in total. The number of phosphoric ester groups is 1. The smallest absolute Gasteiger partial charge is 0.462 e. The maximum Gasteiger partial charge on any atom is 0.469 e. The van der Waals surface area contributed by atoms with E-state index in [1.165, 1.54) is 77.0 Å². The van der Waals surface area contributed by atoms with Crippen molar-refractivity contribution in [3.05, 3.63) is 60.8 Å². The normalized spacial score (nSPS) is 13.7. The third-order valence-electron chi connectivity index (χ3n) is 8.38. The topological polar surface area (TPSA) is 140 Å². The highest BCUT2D eigenvalue weighted by Crippen LogP contribution is 2.36. The van der Waals surface area contributed by atoms with Gasteiger partial charge in [-0.2, -0.15) is 0 Å². The summed E-state index contributed by atoms with van der Waals surface area (Å²) in [6, 6.07) is 0. The highest BCUT2D eigenvalue weighted by molar-refractivity contribution is 7.46. The summed E-state index contributed by atoms with van der Waals surface area (Å²) in [6.07, 6.45) is 42.9. The molecule has 0 fully saturated rings. The maximum absolute atomic E-state index is 12.4. The van der Waals surface area contributed by atoms with Gasteiger partial charge in [-0.1, -0.05) is 171 Å². The fourth-order valence-electron chi connectivity index (χ4n) is 5.37. The predicted molar refractivity (Wildman–Crippen MR) is 213 cm³/mol. The van der Waals surface area contributed by atoms with E-state index in [0.717, 1.165) is 38.5 Å².